The lowest BCUT2D eigenvalue weighted by Crippen LogP contribution is -1.96. The molecule has 0 radical (unpaired) electrons. The van der Waals surface area contributed by atoms with E-state index in [9.17, 15) is 0 Å². The van der Waals surface area contributed by atoms with Gasteiger partial charge >= 0.3 is 0 Å². The lowest BCUT2D eigenvalue weighted by molar-refractivity contribution is 0.411. The summed E-state index contributed by atoms with van der Waals surface area (Å²) in [6.07, 6.45) is 3.03. The quantitative estimate of drug-likeness (QED) is 0.328. The molecular weight excluding hydrogens is 126 g/mol. The van der Waals surface area contributed by atoms with Gasteiger partial charge in [0, 0.05) is 14.0 Å². The summed E-state index contributed by atoms with van der Waals surface area (Å²) in [5, 5.41) is 0. The van der Waals surface area contributed by atoms with E-state index in [1.54, 1.807) is 7.05 Å². The van der Waals surface area contributed by atoms with Gasteiger partial charge in [-0.05, 0) is 19.4 Å². The fraction of sp³-hybridized carbons (Fsp3) is 0.625. The van der Waals surface area contributed by atoms with Crippen molar-refractivity contribution in [2.75, 3.05) is 7.05 Å². The van der Waals surface area contributed by atoms with Gasteiger partial charge < -0.3 is 4.74 Å². The summed E-state index contributed by atoms with van der Waals surface area (Å²) in [5.41, 5.74) is 0. The first-order valence-corrected chi connectivity index (χ1v) is 3.48. The Kier molecular flexibility index (Phi) is 4.63. The fourth-order valence-electron chi connectivity index (χ4n) is 0.608. The highest BCUT2D eigenvalue weighted by molar-refractivity contribution is 5.73. The summed E-state index contributed by atoms with van der Waals surface area (Å²) in [5.74, 6) is 1.63. The van der Waals surface area contributed by atoms with E-state index in [0.717, 1.165) is 12.2 Å². The maximum Gasteiger partial charge on any atom is 0.186 e. The molecule has 0 aliphatic rings. The standard InChI is InChI=1S/C8H15NO/c1-5-6-7(2)10-8(3)9-4/h6H,5H2,1-4H3/b7-6+,9-8?. The largest absolute Gasteiger partial charge is 0.449 e. The molecule has 0 aliphatic carbocycles. The minimum absolute atomic E-state index is 0.710. The molecule has 0 aliphatic heterocycles. The zero-order valence-electron chi connectivity index (χ0n) is 7.14. The Morgan fingerprint density at radius 1 is 1.50 bits per heavy atom. The van der Waals surface area contributed by atoms with E-state index in [4.69, 9.17) is 4.74 Å². The maximum absolute atomic E-state index is 5.25. The minimum Gasteiger partial charge on any atom is -0.449 e. The van der Waals surface area contributed by atoms with Gasteiger partial charge in [0.05, 0.1) is 5.76 Å². The van der Waals surface area contributed by atoms with E-state index in [-0.39, 0.29) is 0 Å². The van der Waals surface area contributed by atoms with Crippen molar-refractivity contribution in [1.82, 2.24) is 0 Å². The van der Waals surface area contributed by atoms with Crippen LogP contribution in [-0.4, -0.2) is 12.9 Å². The molecule has 0 N–H and O–H groups in total. The molecule has 0 fully saturated rings. The van der Waals surface area contributed by atoms with Gasteiger partial charge in [0.1, 0.15) is 0 Å². The minimum atomic E-state index is 0.710. The van der Waals surface area contributed by atoms with E-state index in [2.05, 4.69) is 11.9 Å². The topological polar surface area (TPSA) is 21.6 Å². The Hall–Kier alpha value is -0.790. The van der Waals surface area contributed by atoms with Crippen LogP contribution in [0.25, 0.3) is 0 Å². The molecule has 0 unspecified atom stereocenters. The second-order valence-corrected chi connectivity index (χ2v) is 2.07. The molecular formula is C8H15NO. The summed E-state index contributed by atoms with van der Waals surface area (Å²) in [6, 6.07) is 0. The zero-order chi connectivity index (χ0) is 7.98. The average molecular weight is 141 g/mol. The molecule has 0 spiro atoms. The number of aliphatic imine (C=N–C) groups is 1. The van der Waals surface area contributed by atoms with Crippen molar-refractivity contribution in [3.05, 3.63) is 11.8 Å². The highest BCUT2D eigenvalue weighted by Crippen LogP contribution is 1.97. The number of allylic oxidation sites excluding steroid dienone is 2. The highest BCUT2D eigenvalue weighted by atomic mass is 16.5. The summed E-state index contributed by atoms with van der Waals surface area (Å²) in [4.78, 5) is 3.86. The predicted octanol–water partition coefficient (Wildman–Crippen LogP) is 2.37. The number of hydrogen-bond donors (Lipinski definition) is 0. The molecule has 0 rings (SSSR count). The molecule has 0 aromatic rings. The van der Waals surface area contributed by atoms with Crippen LogP contribution in [0.5, 0.6) is 0 Å². The normalized spacial score (nSPS) is 13.6. The molecule has 58 valence electrons. The van der Waals surface area contributed by atoms with Crippen molar-refractivity contribution in [2.24, 2.45) is 4.99 Å². The summed E-state index contributed by atoms with van der Waals surface area (Å²) < 4.78 is 5.25. The van der Waals surface area contributed by atoms with Crippen LogP contribution in [0.4, 0.5) is 0 Å². The highest BCUT2D eigenvalue weighted by Gasteiger charge is 1.89. The van der Waals surface area contributed by atoms with E-state index >= 15 is 0 Å². The first kappa shape index (κ1) is 9.21. The van der Waals surface area contributed by atoms with Crippen molar-refractivity contribution in [1.29, 1.82) is 0 Å². The molecule has 10 heavy (non-hydrogen) atoms. The Labute approximate surface area is 62.6 Å². The predicted molar refractivity (Wildman–Crippen MR) is 44.2 cm³/mol. The monoisotopic (exact) mass is 141 g/mol. The number of rotatable bonds is 2. The lowest BCUT2D eigenvalue weighted by atomic mass is 10.4. The summed E-state index contributed by atoms with van der Waals surface area (Å²) >= 11 is 0. The molecule has 0 aromatic heterocycles. The van der Waals surface area contributed by atoms with Gasteiger partial charge in [-0.15, -0.1) is 0 Å². The molecule has 2 heteroatoms. The van der Waals surface area contributed by atoms with E-state index < -0.39 is 0 Å². The summed E-state index contributed by atoms with van der Waals surface area (Å²) in [6.45, 7) is 5.84. The third-order valence-corrected chi connectivity index (χ3v) is 1.12. The summed E-state index contributed by atoms with van der Waals surface area (Å²) in [7, 11) is 1.72. The Balaban J connectivity index is 3.79. The first-order chi connectivity index (χ1) is 4.70. The molecule has 0 saturated heterocycles. The van der Waals surface area contributed by atoms with Crippen molar-refractivity contribution < 1.29 is 4.74 Å². The van der Waals surface area contributed by atoms with Crippen molar-refractivity contribution >= 4 is 5.90 Å². The van der Waals surface area contributed by atoms with Gasteiger partial charge in [0.25, 0.3) is 0 Å². The smallest absolute Gasteiger partial charge is 0.186 e. The van der Waals surface area contributed by atoms with Crippen LogP contribution in [0.15, 0.2) is 16.8 Å². The molecule has 0 atom stereocenters. The van der Waals surface area contributed by atoms with Crippen LogP contribution in [0.3, 0.4) is 0 Å². The molecule has 0 bridgehead atoms. The molecule has 0 saturated carbocycles. The third kappa shape index (κ3) is 4.13. The molecule has 0 amide bonds. The van der Waals surface area contributed by atoms with Gasteiger partial charge in [0.15, 0.2) is 5.90 Å². The fourth-order valence-corrected chi connectivity index (χ4v) is 0.608. The number of ether oxygens (including phenoxy) is 1. The third-order valence-electron chi connectivity index (χ3n) is 1.12. The van der Waals surface area contributed by atoms with E-state index in [0.29, 0.717) is 5.90 Å². The van der Waals surface area contributed by atoms with Gasteiger partial charge in [-0.1, -0.05) is 6.92 Å². The molecule has 2 nitrogen and oxygen atoms in total. The van der Waals surface area contributed by atoms with Crippen LogP contribution in [0, 0.1) is 0 Å². The van der Waals surface area contributed by atoms with Gasteiger partial charge in [-0.2, -0.15) is 0 Å². The van der Waals surface area contributed by atoms with E-state index in [1.165, 1.54) is 0 Å². The molecule has 0 heterocycles. The van der Waals surface area contributed by atoms with Crippen LogP contribution < -0.4 is 0 Å². The Morgan fingerprint density at radius 2 is 2.10 bits per heavy atom. The Morgan fingerprint density at radius 3 is 2.50 bits per heavy atom. The van der Waals surface area contributed by atoms with Gasteiger partial charge in [0.2, 0.25) is 0 Å². The van der Waals surface area contributed by atoms with Crippen LogP contribution in [-0.2, 0) is 4.74 Å². The van der Waals surface area contributed by atoms with Crippen molar-refractivity contribution in [3.8, 4) is 0 Å². The second-order valence-electron chi connectivity index (χ2n) is 2.07. The van der Waals surface area contributed by atoms with Crippen LogP contribution in [0.2, 0.25) is 0 Å². The second kappa shape index (κ2) is 5.03. The lowest BCUT2D eigenvalue weighted by Gasteiger charge is -2.02. The number of hydrogen-bond acceptors (Lipinski definition) is 2. The average Bonchev–Trinajstić information content (AvgIpc) is 1.88. The number of nitrogens with zero attached hydrogens (tertiary/aromatic N) is 1. The maximum atomic E-state index is 5.25. The molecule has 0 aromatic carbocycles. The van der Waals surface area contributed by atoms with Crippen molar-refractivity contribution in [3.63, 3.8) is 0 Å². The van der Waals surface area contributed by atoms with Crippen LogP contribution in [0.1, 0.15) is 27.2 Å². The van der Waals surface area contributed by atoms with Crippen molar-refractivity contribution in [2.45, 2.75) is 27.2 Å². The van der Waals surface area contributed by atoms with Gasteiger partial charge in [-0.3, -0.25) is 4.99 Å². The zero-order valence-corrected chi connectivity index (χ0v) is 7.14. The Bertz CT molecular complexity index is 147. The van der Waals surface area contributed by atoms with Gasteiger partial charge in [-0.25, -0.2) is 0 Å². The van der Waals surface area contributed by atoms with Crippen LogP contribution >= 0.6 is 0 Å². The first-order valence-electron chi connectivity index (χ1n) is 3.48. The van der Waals surface area contributed by atoms with E-state index in [1.807, 2.05) is 19.9 Å². The SMILES string of the molecule is CC/C=C(\C)OC(C)=NC.